The fourth-order valence-electron chi connectivity index (χ4n) is 1.85. The van der Waals surface area contributed by atoms with Gasteiger partial charge in [-0.2, -0.15) is 0 Å². The lowest BCUT2D eigenvalue weighted by Crippen LogP contribution is -2.19. The Morgan fingerprint density at radius 2 is 2.10 bits per heavy atom. The molecule has 0 atom stereocenters. The van der Waals surface area contributed by atoms with Crippen LogP contribution in [0.3, 0.4) is 0 Å². The largest absolute Gasteiger partial charge is 0.268 e. The molecule has 2 aromatic heterocycles. The van der Waals surface area contributed by atoms with E-state index in [0.717, 1.165) is 16.6 Å². The first-order chi connectivity index (χ1) is 9.83. The van der Waals surface area contributed by atoms with Crippen molar-refractivity contribution in [2.75, 3.05) is 5.43 Å². The van der Waals surface area contributed by atoms with E-state index in [4.69, 9.17) is 0 Å². The molecule has 1 amide bonds. The summed E-state index contributed by atoms with van der Waals surface area (Å²) in [6.07, 6.45) is 8.14. The van der Waals surface area contributed by atoms with Crippen molar-refractivity contribution in [3.05, 3.63) is 66.8 Å². The third-order valence-electron chi connectivity index (χ3n) is 2.80. The van der Waals surface area contributed by atoms with Crippen molar-refractivity contribution in [2.24, 2.45) is 0 Å². The van der Waals surface area contributed by atoms with Gasteiger partial charge in [0, 0.05) is 18.5 Å². The third kappa shape index (κ3) is 2.56. The van der Waals surface area contributed by atoms with Crippen molar-refractivity contribution in [1.82, 2.24) is 14.6 Å². The van der Waals surface area contributed by atoms with Crippen LogP contribution in [0.1, 0.15) is 5.56 Å². The van der Waals surface area contributed by atoms with E-state index in [9.17, 15) is 4.79 Å². The van der Waals surface area contributed by atoms with Crippen LogP contribution < -0.4 is 5.43 Å². The number of para-hydroxylation sites is 2. The molecule has 0 bridgehead atoms. The molecule has 0 spiro atoms. The normalized spacial score (nSPS) is 11.0. The lowest BCUT2D eigenvalue weighted by molar-refractivity contribution is -0.112. The number of nitrogens with zero attached hydrogens (tertiary/aromatic N) is 3. The van der Waals surface area contributed by atoms with Crippen LogP contribution in [-0.4, -0.2) is 20.6 Å². The summed E-state index contributed by atoms with van der Waals surface area (Å²) in [5, 5.41) is 0. The van der Waals surface area contributed by atoms with Crippen LogP contribution >= 0.6 is 0 Å². The van der Waals surface area contributed by atoms with Gasteiger partial charge in [0.2, 0.25) is 0 Å². The number of rotatable bonds is 3. The van der Waals surface area contributed by atoms with Gasteiger partial charge in [-0.3, -0.25) is 15.2 Å². The van der Waals surface area contributed by atoms with Gasteiger partial charge in [0.15, 0.2) is 0 Å². The Balaban J connectivity index is 1.75. The average molecular weight is 264 g/mol. The van der Waals surface area contributed by atoms with E-state index in [1.807, 2.05) is 36.4 Å². The zero-order valence-corrected chi connectivity index (χ0v) is 10.6. The fraction of sp³-hybridized carbons (Fsp3) is 0. The summed E-state index contributed by atoms with van der Waals surface area (Å²) in [4.78, 5) is 20.0. The highest BCUT2D eigenvalue weighted by molar-refractivity contribution is 5.98. The van der Waals surface area contributed by atoms with Crippen molar-refractivity contribution in [3.8, 4) is 0 Å². The molecule has 5 heteroatoms. The van der Waals surface area contributed by atoms with Crippen LogP contribution in [0.5, 0.6) is 0 Å². The quantitative estimate of drug-likeness (QED) is 0.738. The lowest BCUT2D eigenvalue weighted by atomic mass is 10.2. The van der Waals surface area contributed by atoms with E-state index in [2.05, 4.69) is 15.4 Å². The van der Waals surface area contributed by atoms with Gasteiger partial charge in [-0.25, -0.2) is 9.66 Å². The number of pyridine rings is 1. The Bertz CT molecular complexity index is 762. The molecule has 1 aromatic carbocycles. The summed E-state index contributed by atoms with van der Waals surface area (Å²) in [5.74, 6) is -0.225. The first-order valence-corrected chi connectivity index (χ1v) is 6.14. The SMILES string of the molecule is O=C(/C=C/c1cccnc1)Nn1cnc2ccccc21. The molecule has 0 aliphatic rings. The van der Waals surface area contributed by atoms with Gasteiger partial charge in [-0.05, 0) is 29.8 Å². The van der Waals surface area contributed by atoms with E-state index in [1.54, 1.807) is 29.5 Å². The first kappa shape index (κ1) is 12.1. The Hall–Kier alpha value is -2.95. The molecule has 5 nitrogen and oxygen atoms in total. The number of aromatic nitrogens is 3. The van der Waals surface area contributed by atoms with E-state index < -0.39 is 0 Å². The van der Waals surface area contributed by atoms with Gasteiger partial charge in [-0.1, -0.05) is 18.2 Å². The number of hydrogen-bond donors (Lipinski definition) is 1. The van der Waals surface area contributed by atoms with Crippen molar-refractivity contribution in [1.29, 1.82) is 0 Å². The number of carbonyl (C=O) groups excluding carboxylic acids is 1. The Kier molecular flexibility index (Phi) is 3.24. The minimum atomic E-state index is -0.225. The second kappa shape index (κ2) is 5.36. The molecule has 0 aliphatic heterocycles. The number of imidazole rings is 1. The first-order valence-electron chi connectivity index (χ1n) is 6.14. The minimum Gasteiger partial charge on any atom is -0.268 e. The van der Waals surface area contributed by atoms with Crippen LogP contribution in [0.25, 0.3) is 17.1 Å². The van der Waals surface area contributed by atoms with Crippen LogP contribution in [0, 0.1) is 0 Å². The molecule has 98 valence electrons. The van der Waals surface area contributed by atoms with E-state index in [1.165, 1.54) is 6.08 Å². The predicted molar refractivity (Wildman–Crippen MR) is 77.4 cm³/mol. The van der Waals surface area contributed by atoms with Gasteiger partial charge < -0.3 is 0 Å². The molecular formula is C15H12N4O. The predicted octanol–water partition coefficient (Wildman–Crippen LogP) is 2.21. The van der Waals surface area contributed by atoms with Crippen molar-refractivity contribution < 1.29 is 4.79 Å². The second-order valence-corrected chi connectivity index (χ2v) is 4.20. The van der Waals surface area contributed by atoms with Crippen molar-refractivity contribution in [2.45, 2.75) is 0 Å². The highest BCUT2D eigenvalue weighted by Gasteiger charge is 2.02. The topological polar surface area (TPSA) is 59.8 Å². The molecule has 0 fully saturated rings. The number of fused-ring (bicyclic) bond motifs is 1. The summed E-state index contributed by atoms with van der Waals surface area (Å²) < 4.78 is 1.60. The summed E-state index contributed by atoms with van der Waals surface area (Å²) in [6, 6.07) is 11.3. The maximum absolute atomic E-state index is 11.9. The zero-order valence-electron chi connectivity index (χ0n) is 10.6. The molecule has 0 unspecified atom stereocenters. The standard InChI is InChI=1S/C15H12N4O/c20-15(8-7-12-4-3-9-16-10-12)18-19-11-17-13-5-1-2-6-14(13)19/h1-11H,(H,18,20)/b8-7+. The molecule has 0 radical (unpaired) electrons. The Morgan fingerprint density at radius 3 is 2.95 bits per heavy atom. The molecule has 2 heterocycles. The Labute approximate surface area is 115 Å². The van der Waals surface area contributed by atoms with Gasteiger partial charge in [0.05, 0.1) is 11.0 Å². The number of benzene rings is 1. The van der Waals surface area contributed by atoms with Crippen LogP contribution in [-0.2, 0) is 4.79 Å². The average Bonchev–Trinajstić information content (AvgIpc) is 2.90. The second-order valence-electron chi connectivity index (χ2n) is 4.20. The number of amides is 1. The van der Waals surface area contributed by atoms with Gasteiger partial charge in [-0.15, -0.1) is 0 Å². The van der Waals surface area contributed by atoms with Gasteiger partial charge in [0.1, 0.15) is 6.33 Å². The van der Waals surface area contributed by atoms with Crippen LogP contribution in [0.4, 0.5) is 0 Å². The monoisotopic (exact) mass is 264 g/mol. The summed E-state index contributed by atoms with van der Waals surface area (Å²) in [6.45, 7) is 0. The minimum absolute atomic E-state index is 0.225. The fourth-order valence-corrected chi connectivity index (χ4v) is 1.85. The molecule has 0 saturated heterocycles. The molecule has 3 rings (SSSR count). The zero-order chi connectivity index (χ0) is 13.8. The van der Waals surface area contributed by atoms with Crippen LogP contribution in [0.2, 0.25) is 0 Å². The highest BCUT2D eigenvalue weighted by Crippen LogP contribution is 2.09. The van der Waals surface area contributed by atoms with Crippen molar-refractivity contribution in [3.63, 3.8) is 0 Å². The number of carbonyl (C=O) groups is 1. The molecule has 20 heavy (non-hydrogen) atoms. The van der Waals surface area contributed by atoms with E-state index >= 15 is 0 Å². The van der Waals surface area contributed by atoms with Gasteiger partial charge >= 0.3 is 0 Å². The summed E-state index contributed by atoms with van der Waals surface area (Å²) in [5.41, 5.74) is 5.31. The maximum atomic E-state index is 11.9. The van der Waals surface area contributed by atoms with E-state index in [0.29, 0.717) is 0 Å². The molecule has 1 N–H and O–H groups in total. The Morgan fingerprint density at radius 1 is 1.20 bits per heavy atom. The van der Waals surface area contributed by atoms with Crippen molar-refractivity contribution >= 4 is 23.0 Å². The highest BCUT2D eigenvalue weighted by atomic mass is 16.2. The summed E-state index contributed by atoms with van der Waals surface area (Å²) in [7, 11) is 0. The molecular weight excluding hydrogens is 252 g/mol. The lowest BCUT2D eigenvalue weighted by Gasteiger charge is -2.03. The molecule has 0 saturated carbocycles. The van der Waals surface area contributed by atoms with Gasteiger partial charge in [0.25, 0.3) is 5.91 Å². The van der Waals surface area contributed by atoms with E-state index in [-0.39, 0.29) is 5.91 Å². The third-order valence-corrected chi connectivity index (χ3v) is 2.80. The molecule has 0 aliphatic carbocycles. The maximum Gasteiger partial charge on any atom is 0.262 e. The smallest absolute Gasteiger partial charge is 0.262 e. The van der Waals surface area contributed by atoms with Crippen LogP contribution in [0.15, 0.2) is 61.2 Å². The molecule has 3 aromatic rings. The number of hydrogen-bond acceptors (Lipinski definition) is 3. The summed E-state index contributed by atoms with van der Waals surface area (Å²) >= 11 is 0. The number of nitrogens with one attached hydrogen (secondary N) is 1.